The molecule has 0 spiro atoms. The summed E-state index contributed by atoms with van der Waals surface area (Å²) >= 11 is 0. The van der Waals surface area contributed by atoms with E-state index < -0.39 is 17.2 Å². The van der Waals surface area contributed by atoms with E-state index in [1.165, 1.54) is 11.9 Å². The van der Waals surface area contributed by atoms with E-state index in [2.05, 4.69) is 10.6 Å². The van der Waals surface area contributed by atoms with E-state index in [-0.39, 0.29) is 18.2 Å². The summed E-state index contributed by atoms with van der Waals surface area (Å²) in [6.45, 7) is 5.19. The number of carbonyl (C=O) groups is 3. The van der Waals surface area contributed by atoms with Crippen LogP contribution in [0.5, 0.6) is 0 Å². The molecule has 7 heteroatoms. The predicted molar refractivity (Wildman–Crippen MR) is 89.6 cm³/mol. The maximum atomic E-state index is 12.9. The van der Waals surface area contributed by atoms with Gasteiger partial charge in [-0.3, -0.25) is 9.59 Å². The van der Waals surface area contributed by atoms with Crippen molar-refractivity contribution in [1.29, 1.82) is 0 Å². The first kappa shape index (κ1) is 17.8. The van der Waals surface area contributed by atoms with Crippen molar-refractivity contribution in [2.24, 2.45) is 0 Å². The molecule has 2 N–H and O–H groups in total. The Morgan fingerprint density at radius 1 is 1.25 bits per heavy atom. The number of para-hydroxylation sites is 1. The molecule has 24 heavy (non-hydrogen) atoms. The molecule has 0 bridgehead atoms. The molecule has 1 aromatic rings. The van der Waals surface area contributed by atoms with Crippen LogP contribution in [0.25, 0.3) is 0 Å². The summed E-state index contributed by atoms with van der Waals surface area (Å²) in [5.41, 5.74) is -0.964. The number of nitrogens with one attached hydrogen (secondary N) is 2. The van der Waals surface area contributed by atoms with Gasteiger partial charge in [0.05, 0.1) is 6.42 Å². The highest BCUT2D eigenvalue weighted by molar-refractivity contribution is 6.10. The Balaban J connectivity index is 2.47. The highest BCUT2D eigenvalue weighted by Gasteiger charge is 2.52. The Hall–Kier alpha value is -2.57. The molecule has 1 atom stereocenters. The van der Waals surface area contributed by atoms with Crippen LogP contribution in [0.2, 0.25) is 0 Å². The van der Waals surface area contributed by atoms with Gasteiger partial charge in [-0.1, -0.05) is 18.2 Å². The molecule has 7 nitrogen and oxygen atoms in total. The first-order valence-corrected chi connectivity index (χ1v) is 7.70. The number of fused-ring (bicyclic) bond motifs is 1. The number of ether oxygens (including phenoxy) is 1. The number of benzene rings is 1. The van der Waals surface area contributed by atoms with Crippen molar-refractivity contribution in [1.82, 2.24) is 10.6 Å². The minimum atomic E-state index is -1.48. The molecule has 0 radical (unpaired) electrons. The zero-order valence-electron chi connectivity index (χ0n) is 14.6. The summed E-state index contributed by atoms with van der Waals surface area (Å²) in [4.78, 5) is 38.7. The maximum Gasteiger partial charge on any atom is 0.408 e. The summed E-state index contributed by atoms with van der Waals surface area (Å²) in [7, 11) is 3.10. The fraction of sp³-hybridized carbons (Fsp3) is 0.471. The van der Waals surface area contributed by atoms with Crippen LogP contribution < -0.4 is 15.5 Å². The van der Waals surface area contributed by atoms with E-state index in [4.69, 9.17) is 4.74 Å². The number of hydrogen-bond donors (Lipinski definition) is 2. The molecule has 1 aliphatic heterocycles. The Morgan fingerprint density at radius 3 is 2.46 bits per heavy atom. The fourth-order valence-electron chi connectivity index (χ4n) is 2.78. The number of likely N-dealkylation sites (N-methyl/N-ethyl adjacent to an activating group) is 1. The number of carbonyl (C=O) groups excluding carboxylic acids is 3. The first-order valence-electron chi connectivity index (χ1n) is 7.70. The molecule has 1 aliphatic rings. The minimum Gasteiger partial charge on any atom is -0.444 e. The Kier molecular flexibility index (Phi) is 4.55. The summed E-state index contributed by atoms with van der Waals surface area (Å²) < 4.78 is 5.29. The molecule has 0 saturated carbocycles. The Labute approximate surface area is 141 Å². The van der Waals surface area contributed by atoms with Crippen molar-refractivity contribution in [2.45, 2.75) is 38.3 Å². The SMILES string of the molecule is CNC(=O)C[C@@]1(NC(=O)OC(C)(C)C)C(=O)N(C)c2ccccc21. The summed E-state index contributed by atoms with van der Waals surface area (Å²) in [6.07, 6.45) is -0.951. The van der Waals surface area contributed by atoms with Gasteiger partial charge in [-0.25, -0.2) is 4.79 Å². The molecule has 0 aromatic heterocycles. The van der Waals surface area contributed by atoms with Crippen molar-refractivity contribution >= 4 is 23.6 Å². The van der Waals surface area contributed by atoms with Crippen molar-refractivity contribution in [3.63, 3.8) is 0 Å². The van der Waals surface area contributed by atoms with Gasteiger partial charge in [-0.05, 0) is 26.8 Å². The molecular weight excluding hydrogens is 310 g/mol. The molecule has 0 fully saturated rings. The zero-order chi connectivity index (χ0) is 18.1. The number of hydrogen-bond acceptors (Lipinski definition) is 4. The number of amides is 3. The number of alkyl carbamates (subject to hydrolysis) is 1. The van der Waals surface area contributed by atoms with Crippen molar-refractivity contribution in [2.75, 3.05) is 19.0 Å². The van der Waals surface area contributed by atoms with E-state index >= 15 is 0 Å². The van der Waals surface area contributed by atoms with Gasteiger partial charge in [-0.2, -0.15) is 0 Å². The van der Waals surface area contributed by atoms with Crippen LogP contribution in [0.4, 0.5) is 10.5 Å². The molecule has 0 unspecified atom stereocenters. The van der Waals surface area contributed by atoms with Crippen molar-refractivity contribution in [3.8, 4) is 0 Å². The van der Waals surface area contributed by atoms with Gasteiger partial charge < -0.3 is 20.3 Å². The topological polar surface area (TPSA) is 87.7 Å². The molecule has 2 rings (SSSR count). The Morgan fingerprint density at radius 2 is 1.88 bits per heavy atom. The molecule has 1 heterocycles. The lowest BCUT2D eigenvalue weighted by atomic mass is 9.87. The van der Waals surface area contributed by atoms with Gasteiger partial charge in [0.1, 0.15) is 5.60 Å². The molecule has 0 aliphatic carbocycles. The minimum absolute atomic E-state index is 0.205. The predicted octanol–water partition coefficient (Wildman–Crippen LogP) is 1.52. The first-order chi connectivity index (χ1) is 11.1. The molecular formula is C17H23N3O4. The second-order valence-corrected chi connectivity index (χ2v) is 6.76. The van der Waals surface area contributed by atoms with Crippen LogP contribution in [-0.4, -0.2) is 37.6 Å². The number of nitrogens with zero attached hydrogens (tertiary/aromatic N) is 1. The smallest absolute Gasteiger partial charge is 0.408 e. The van der Waals surface area contributed by atoms with E-state index in [9.17, 15) is 14.4 Å². The second kappa shape index (κ2) is 6.14. The average molecular weight is 333 g/mol. The third kappa shape index (κ3) is 3.20. The summed E-state index contributed by atoms with van der Waals surface area (Å²) in [5, 5.41) is 5.14. The summed E-state index contributed by atoms with van der Waals surface area (Å²) in [5.74, 6) is -0.734. The zero-order valence-corrected chi connectivity index (χ0v) is 14.6. The lowest BCUT2D eigenvalue weighted by molar-refractivity contribution is -0.130. The molecule has 0 saturated heterocycles. The van der Waals surface area contributed by atoms with Gasteiger partial charge >= 0.3 is 6.09 Å². The monoisotopic (exact) mass is 333 g/mol. The number of anilines is 1. The summed E-state index contributed by atoms with van der Waals surface area (Å²) in [6, 6.07) is 7.07. The normalized spacial score (nSPS) is 19.7. The van der Waals surface area contributed by atoms with Gasteiger partial charge in [0, 0.05) is 25.3 Å². The highest BCUT2D eigenvalue weighted by atomic mass is 16.6. The van der Waals surface area contributed by atoms with E-state index in [1.54, 1.807) is 52.1 Å². The quantitative estimate of drug-likeness (QED) is 0.878. The third-order valence-electron chi connectivity index (χ3n) is 3.81. The maximum absolute atomic E-state index is 12.9. The van der Waals surface area contributed by atoms with Crippen molar-refractivity contribution in [3.05, 3.63) is 29.8 Å². The van der Waals surface area contributed by atoms with E-state index in [0.717, 1.165) is 0 Å². The van der Waals surface area contributed by atoms with E-state index in [0.29, 0.717) is 11.3 Å². The lowest BCUT2D eigenvalue weighted by Gasteiger charge is -2.30. The fourth-order valence-corrected chi connectivity index (χ4v) is 2.78. The van der Waals surface area contributed by atoms with Crippen LogP contribution in [0, 0.1) is 0 Å². The van der Waals surface area contributed by atoms with Crippen LogP contribution >= 0.6 is 0 Å². The van der Waals surface area contributed by atoms with Crippen LogP contribution in [0.1, 0.15) is 32.8 Å². The Bertz CT molecular complexity index is 681. The lowest BCUT2D eigenvalue weighted by Crippen LogP contribution is -2.55. The van der Waals surface area contributed by atoms with Gasteiger partial charge in [0.15, 0.2) is 5.54 Å². The van der Waals surface area contributed by atoms with Crippen LogP contribution in [-0.2, 0) is 19.9 Å². The van der Waals surface area contributed by atoms with E-state index in [1.807, 2.05) is 0 Å². The standard InChI is InChI=1S/C17H23N3O4/c1-16(2,3)24-15(23)19-17(10-13(21)18-4)11-8-6-7-9-12(11)20(5)14(17)22/h6-9H,10H2,1-5H3,(H,18,21)(H,19,23)/t17-/m0/s1. The molecule has 1 aromatic carbocycles. The average Bonchev–Trinajstić information content (AvgIpc) is 2.68. The van der Waals surface area contributed by atoms with Gasteiger partial charge in [0.2, 0.25) is 5.91 Å². The third-order valence-corrected chi connectivity index (χ3v) is 3.81. The number of rotatable bonds is 3. The van der Waals surface area contributed by atoms with Crippen LogP contribution in [0.3, 0.4) is 0 Å². The highest BCUT2D eigenvalue weighted by Crippen LogP contribution is 2.41. The second-order valence-electron chi connectivity index (χ2n) is 6.76. The van der Waals surface area contributed by atoms with Gasteiger partial charge in [0.25, 0.3) is 5.91 Å². The molecule has 3 amide bonds. The van der Waals surface area contributed by atoms with Crippen molar-refractivity contribution < 1.29 is 19.1 Å². The molecule has 130 valence electrons. The van der Waals surface area contributed by atoms with Crippen LogP contribution in [0.15, 0.2) is 24.3 Å². The largest absolute Gasteiger partial charge is 0.444 e. The van der Waals surface area contributed by atoms with Gasteiger partial charge in [-0.15, -0.1) is 0 Å².